The maximum atomic E-state index is 13.8. The summed E-state index contributed by atoms with van der Waals surface area (Å²) in [7, 11) is 0. The van der Waals surface area contributed by atoms with E-state index >= 15 is 0 Å². The Kier molecular flexibility index (Phi) is 8.66. The Labute approximate surface area is 180 Å². The van der Waals surface area contributed by atoms with Crippen LogP contribution in [0.5, 0.6) is 0 Å². The van der Waals surface area contributed by atoms with Crippen LogP contribution in [-0.2, 0) is 25.5 Å². The average molecular weight is 432 g/mol. The van der Waals surface area contributed by atoms with Crippen molar-refractivity contribution in [2.45, 2.75) is 39.3 Å². The summed E-state index contributed by atoms with van der Waals surface area (Å²) >= 11 is 0. The van der Waals surface area contributed by atoms with E-state index in [1.54, 1.807) is 26.0 Å². The van der Waals surface area contributed by atoms with Crippen molar-refractivity contribution in [2.24, 2.45) is 5.92 Å². The van der Waals surface area contributed by atoms with Crippen LogP contribution in [0.25, 0.3) is 0 Å². The minimum Gasteiger partial charge on any atom is -0.454 e. The highest BCUT2D eigenvalue weighted by Gasteiger charge is 2.26. The molecule has 31 heavy (non-hydrogen) atoms. The molecule has 0 spiro atoms. The van der Waals surface area contributed by atoms with Gasteiger partial charge in [-0.1, -0.05) is 50.2 Å². The van der Waals surface area contributed by atoms with Crippen LogP contribution < -0.4 is 10.6 Å². The van der Waals surface area contributed by atoms with E-state index in [-0.39, 0.29) is 23.8 Å². The van der Waals surface area contributed by atoms with Crippen molar-refractivity contribution in [3.63, 3.8) is 0 Å². The maximum absolute atomic E-state index is 13.8. The van der Waals surface area contributed by atoms with E-state index in [0.29, 0.717) is 0 Å². The van der Waals surface area contributed by atoms with E-state index in [0.717, 1.165) is 17.7 Å². The van der Waals surface area contributed by atoms with Gasteiger partial charge in [0.05, 0.1) is 12.5 Å². The quantitative estimate of drug-likeness (QED) is 0.597. The summed E-state index contributed by atoms with van der Waals surface area (Å²) in [6.07, 6.45) is 0.110. The van der Waals surface area contributed by atoms with Crippen molar-refractivity contribution in [2.75, 3.05) is 6.61 Å². The second kappa shape index (κ2) is 11.2. The first kappa shape index (κ1) is 24.0. The third kappa shape index (κ3) is 7.47. The van der Waals surface area contributed by atoms with Crippen LogP contribution in [-0.4, -0.2) is 30.4 Å². The molecule has 0 aliphatic heterocycles. The number of halogens is 2. The highest BCUT2D eigenvalue weighted by atomic mass is 19.1. The van der Waals surface area contributed by atoms with Crippen LogP contribution in [0, 0.1) is 17.6 Å². The first-order valence-electron chi connectivity index (χ1n) is 9.91. The van der Waals surface area contributed by atoms with E-state index in [1.165, 1.54) is 13.0 Å². The number of rotatable bonds is 9. The average Bonchev–Trinajstić information content (AvgIpc) is 2.70. The van der Waals surface area contributed by atoms with E-state index < -0.39 is 42.2 Å². The summed E-state index contributed by atoms with van der Waals surface area (Å²) in [6.45, 7) is 4.42. The molecule has 0 radical (unpaired) electrons. The molecule has 2 atom stereocenters. The fraction of sp³-hybridized carbons (Fsp3) is 0.348. The summed E-state index contributed by atoms with van der Waals surface area (Å²) in [6, 6.07) is 10.5. The summed E-state index contributed by atoms with van der Waals surface area (Å²) in [4.78, 5) is 36.8. The monoisotopic (exact) mass is 432 g/mol. The van der Waals surface area contributed by atoms with E-state index in [2.05, 4.69) is 10.6 Å². The highest BCUT2D eigenvalue weighted by molar-refractivity contribution is 5.87. The summed E-state index contributed by atoms with van der Waals surface area (Å²) < 4.78 is 31.9. The third-order valence-electron chi connectivity index (χ3n) is 4.60. The van der Waals surface area contributed by atoms with Crippen molar-refractivity contribution in [3.8, 4) is 0 Å². The summed E-state index contributed by atoms with van der Waals surface area (Å²) in [5.41, 5.74) is 0.909. The van der Waals surface area contributed by atoms with Gasteiger partial charge < -0.3 is 15.4 Å². The number of ether oxygens (including phenoxy) is 1. The van der Waals surface area contributed by atoms with Gasteiger partial charge in [0.1, 0.15) is 17.7 Å². The molecule has 0 unspecified atom stereocenters. The number of benzene rings is 2. The smallest absolute Gasteiger partial charge is 0.329 e. The molecule has 0 fully saturated rings. The number of carbonyl (C=O) groups is 3. The van der Waals surface area contributed by atoms with Crippen molar-refractivity contribution in [1.29, 1.82) is 0 Å². The molecule has 0 aliphatic carbocycles. The van der Waals surface area contributed by atoms with Gasteiger partial charge >= 0.3 is 5.97 Å². The Morgan fingerprint density at radius 2 is 1.61 bits per heavy atom. The van der Waals surface area contributed by atoms with Crippen LogP contribution in [0.4, 0.5) is 8.78 Å². The fourth-order valence-electron chi connectivity index (χ4n) is 2.94. The largest absolute Gasteiger partial charge is 0.454 e. The van der Waals surface area contributed by atoms with E-state index in [9.17, 15) is 23.2 Å². The Morgan fingerprint density at radius 1 is 0.935 bits per heavy atom. The second-order valence-electron chi connectivity index (χ2n) is 7.51. The minimum absolute atomic E-state index is 0.106. The van der Waals surface area contributed by atoms with Gasteiger partial charge in [-0.2, -0.15) is 0 Å². The lowest BCUT2D eigenvalue weighted by molar-refractivity contribution is -0.153. The molecule has 166 valence electrons. The summed E-state index contributed by atoms with van der Waals surface area (Å²) in [5.74, 6) is -3.50. The van der Waals surface area contributed by atoms with Crippen molar-refractivity contribution in [1.82, 2.24) is 10.6 Å². The van der Waals surface area contributed by atoms with Gasteiger partial charge in [-0.15, -0.1) is 0 Å². The molecule has 0 saturated carbocycles. The fourth-order valence-corrected chi connectivity index (χ4v) is 2.94. The third-order valence-corrected chi connectivity index (χ3v) is 4.60. The topological polar surface area (TPSA) is 84.5 Å². The molecule has 0 aliphatic rings. The van der Waals surface area contributed by atoms with Crippen LogP contribution in [0.2, 0.25) is 0 Å². The zero-order valence-electron chi connectivity index (χ0n) is 17.7. The number of amides is 2. The molecule has 8 heteroatoms. The molecule has 2 amide bonds. The second-order valence-corrected chi connectivity index (χ2v) is 7.51. The lowest BCUT2D eigenvalue weighted by atomic mass is 10.0. The van der Waals surface area contributed by atoms with Crippen molar-refractivity contribution < 1.29 is 27.9 Å². The lowest BCUT2D eigenvalue weighted by Gasteiger charge is -2.21. The normalized spacial score (nSPS) is 12.7. The molecule has 2 aromatic carbocycles. The summed E-state index contributed by atoms with van der Waals surface area (Å²) in [5, 5.41) is 5.13. The number of carbonyl (C=O) groups excluding carboxylic acids is 3. The maximum Gasteiger partial charge on any atom is 0.329 e. The standard InChI is InChI=1S/C23H26F2N2O4/c1-14(2)22(27-20(28)11-16-7-5-4-6-8-16)23(30)31-13-21(29)26-15(3)18-10-9-17(24)12-19(18)25/h4-10,12,14-15,22H,11,13H2,1-3H3,(H,26,29)(H,27,28)/t15-,22-/m0/s1. The van der Waals surface area contributed by atoms with Crippen molar-refractivity contribution >= 4 is 17.8 Å². The lowest BCUT2D eigenvalue weighted by Crippen LogP contribution is -2.46. The molecule has 2 aromatic rings. The van der Waals surface area contributed by atoms with Gasteiger partial charge in [-0.3, -0.25) is 9.59 Å². The van der Waals surface area contributed by atoms with Gasteiger partial charge in [0, 0.05) is 11.6 Å². The zero-order valence-corrected chi connectivity index (χ0v) is 17.7. The molecule has 0 aromatic heterocycles. The molecule has 2 N–H and O–H groups in total. The van der Waals surface area contributed by atoms with Gasteiger partial charge in [-0.25, -0.2) is 13.6 Å². The van der Waals surface area contributed by atoms with Crippen LogP contribution >= 0.6 is 0 Å². The Bertz CT molecular complexity index is 919. The Hall–Kier alpha value is -3.29. The van der Waals surface area contributed by atoms with E-state index in [4.69, 9.17) is 4.74 Å². The predicted molar refractivity (Wildman–Crippen MR) is 111 cm³/mol. The molecule has 2 rings (SSSR count). The van der Waals surface area contributed by atoms with Crippen LogP contribution in [0.1, 0.15) is 37.9 Å². The predicted octanol–water partition coefficient (Wildman–Crippen LogP) is 3.07. The molecular formula is C23H26F2N2O4. The van der Waals surface area contributed by atoms with Crippen LogP contribution in [0.15, 0.2) is 48.5 Å². The van der Waals surface area contributed by atoms with Gasteiger partial charge in [-0.05, 0) is 24.5 Å². The van der Waals surface area contributed by atoms with Crippen LogP contribution in [0.3, 0.4) is 0 Å². The number of esters is 1. The molecule has 6 nitrogen and oxygen atoms in total. The van der Waals surface area contributed by atoms with Crippen molar-refractivity contribution in [3.05, 3.63) is 71.3 Å². The SMILES string of the molecule is CC(C)[C@H](NC(=O)Cc1ccccc1)C(=O)OCC(=O)N[C@@H](C)c1ccc(F)cc1F. The first-order chi connectivity index (χ1) is 14.7. The van der Waals surface area contributed by atoms with Gasteiger partial charge in [0.2, 0.25) is 5.91 Å². The zero-order chi connectivity index (χ0) is 23.0. The number of hydrogen-bond acceptors (Lipinski definition) is 4. The molecular weight excluding hydrogens is 406 g/mol. The molecule has 0 saturated heterocycles. The Balaban J connectivity index is 1.87. The molecule has 0 bridgehead atoms. The van der Waals surface area contributed by atoms with E-state index in [1.807, 2.05) is 18.2 Å². The number of hydrogen-bond donors (Lipinski definition) is 2. The molecule has 0 heterocycles. The van der Waals surface area contributed by atoms with Gasteiger partial charge in [0.15, 0.2) is 6.61 Å². The number of nitrogens with one attached hydrogen (secondary N) is 2. The van der Waals surface area contributed by atoms with Gasteiger partial charge in [0.25, 0.3) is 5.91 Å². The highest BCUT2D eigenvalue weighted by Crippen LogP contribution is 2.17. The minimum atomic E-state index is -0.920. The first-order valence-corrected chi connectivity index (χ1v) is 9.91. The Morgan fingerprint density at radius 3 is 2.23 bits per heavy atom.